The molecule has 35 heavy (non-hydrogen) atoms. The van der Waals surface area contributed by atoms with Crippen LogP contribution in [-0.2, 0) is 0 Å². The molecule has 0 atom stereocenters. The third-order valence-corrected chi connectivity index (χ3v) is 5.53. The van der Waals surface area contributed by atoms with E-state index in [2.05, 4.69) is 15.4 Å². The van der Waals surface area contributed by atoms with Crippen molar-refractivity contribution in [2.24, 2.45) is 0 Å². The highest BCUT2D eigenvalue weighted by atomic mass is 35.5. The lowest BCUT2D eigenvalue weighted by Gasteiger charge is -2.10. The van der Waals surface area contributed by atoms with E-state index < -0.39 is 10.8 Å². The van der Waals surface area contributed by atoms with Crippen LogP contribution < -0.4 is 10.1 Å². The molecule has 0 spiro atoms. The molecule has 0 saturated carbocycles. The van der Waals surface area contributed by atoms with E-state index >= 15 is 0 Å². The zero-order chi connectivity index (χ0) is 25.1. The molecule has 178 valence electrons. The van der Waals surface area contributed by atoms with Gasteiger partial charge in [0.2, 0.25) is 0 Å². The van der Waals surface area contributed by atoms with E-state index in [-0.39, 0.29) is 23.4 Å². The van der Waals surface area contributed by atoms with Crippen molar-refractivity contribution in [1.29, 1.82) is 0 Å². The molecule has 11 heteroatoms. The number of hydrogen-bond acceptors (Lipinski definition) is 6. The summed E-state index contributed by atoms with van der Waals surface area (Å²) in [4.78, 5) is 27.5. The summed E-state index contributed by atoms with van der Waals surface area (Å²) in [5.74, 6) is 0.0576. The van der Waals surface area contributed by atoms with Gasteiger partial charge in [-0.1, -0.05) is 29.3 Å². The van der Waals surface area contributed by atoms with Gasteiger partial charge in [0, 0.05) is 28.9 Å². The molecule has 1 amide bonds. The summed E-state index contributed by atoms with van der Waals surface area (Å²) >= 11 is 12.3. The number of anilines is 1. The highest BCUT2D eigenvalue weighted by molar-refractivity contribution is 6.42. The molecule has 0 aliphatic carbocycles. The molecule has 3 aromatic carbocycles. The number of aromatic nitrogens is 3. The lowest BCUT2D eigenvalue weighted by molar-refractivity contribution is -0.384. The standard InChI is InChI=1S/C24H19Cl2N5O4/c1-14(2)35-24-28-22(16-8-11-20(25)21(26)12-16)30(29-24)19-5-3-4-17(13-19)27-23(32)15-6-9-18(10-7-15)31(33)34/h3-14H,1-2H3,(H,27,32). The summed E-state index contributed by atoms with van der Waals surface area (Å²) in [6.07, 6.45) is -0.139. The third-order valence-electron chi connectivity index (χ3n) is 4.80. The van der Waals surface area contributed by atoms with Crippen LogP contribution in [-0.4, -0.2) is 31.7 Å². The number of hydrogen-bond donors (Lipinski definition) is 1. The first-order valence-corrected chi connectivity index (χ1v) is 11.2. The Morgan fingerprint density at radius 3 is 2.46 bits per heavy atom. The van der Waals surface area contributed by atoms with Crippen LogP contribution in [0.5, 0.6) is 6.01 Å². The first-order valence-electron chi connectivity index (χ1n) is 10.5. The smallest absolute Gasteiger partial charge is 0.336 e. The number of rotatable bonds is 7. The first-order chi connectivity index (χ1) is 16.7. The van der Waals surface area contributed by atoms with E-state index in [4.69, 9.17) is 27.9 Å². The van der Waals surface area contributed by atoms with E-state index in [9.17, 15) is 14.9 Å². The Bertz CT molecular complexity index is 1400. The van der Waals surface area contributed by atoms with Crippen molar-refractivity contribution in [1.82, 2.24) is 14.8 Å². The summed E-state index contributed by atoms with van der Waals surface area (Å²) in [6.45, 7) is 3.74. The maximum atomic E-state index is 12.7. The predicted molar refractivity (Wildman–Crippen MR) is 134 cm³/mol. The van der Waals surface area contributed by atoms with Gasteiger partial charge in [0.15, 0.2) is 5.82 Å². The second-order valence-electron chi connectivity index (χ2n) is 7.73. The van der Waals surface area contributed by atoms with Crippen molar-refractivity contribution in [2.75, 3.05) is 5.32 Å². The summed E-state index contributed by atoms with van der Waals surface area (Å²) < 4.78 is 7.27. The number of ether oxygens (including phenoxy) is 1. The minimum absolute atomic E-state index is 0.0935. The van der Waals surface area contributed by atoms with Gasteiger partial charge in [-0.05, 0) is 62.4 Å². The fourth-order valence-electron chi connectivity index (χ4n) is 3.21. The minimum atomic E-state index is -0.522. The normalized spacial score (nSPS) is 10.9. The Morgan fingerprint density at radius 1 is 1.06 bits per heavy atom. The Labute approximate surface area is 210 Å². The van der Waals surface area contributed by atoms with Gasteiger partial charge in [-0.3, -0.25) is 14.9 Å². The number of nitro groups is 1. The molecular formula is C24H19Cl2N5O4. The highest BCUT2D eigenvalue weighted by Gasteiger charge is 2.17. The molecule has 1 N–H and O–H groups in total. The molecular weight excluding hydrogens is 493 g/mol. The maximum absolute atomic E-state index is 12.7. The minimum Gasteiger partial charge on any atom is -0.460 e. The summed E-state index contributed by atoms with van der Waals surface area (Å²) in [5, 5.41) is 18.9. The fraction of sp³-hybridized carbons (Fsp3) is 0.125. The van der Waals surface area contributed by atoms with Crippen LogP contribution in [0.15, 0.2) is 66.7 Å². The van der Waals surface area contributed by atoms with Crippen molar-refractivity contribution in [3.8, 4) is 23.1 Å². The molecule has 9 nitrogen and oxygen atoms in total. The number of nitrogens with one attached hydrogen (secondary N) is 1. The maximum Gasteiger partial charge on any atom is 0.336 e. The summed E-state index contributed by atoms with van der Waals surface area (Å²) in [6, 6.07) is 17.6. The van der Waals surface area contributed by atoms with Gasteiger partial charge >= 0.3 is 6.01 Å². The van der Waals surface area contributed by atoms with E-state index in [0.29, 0.717) is 32.8 Å². The van der Waals surface area contributed by atoms with Crippen LogP contribution in [0.1, 0.15) is 24.2 Å². The molecule has 1 heterocycles. The molecule has 0 fully saturated rings. The Morgan fingerprint density at radius 2 is 1.80 bits per heavy atom. The monoisotopic (exact) mass is 511 g/mol. The molecule has 0 bridgehead atoms. The van der Waals surface area contributed by atoms with Crippen molar-refractivity contribution >= 4 is 40.5 Å². The number of carbonyl (C=O) groups is 1. The van der Waals surface area contributed by atoms with Crippen molar-refractivity contribution < 1.29 is 14.5 Å². The number of carbonyl (C=O) groups excluding carboxylic acids is 1. The first kappa shape index (κ1) is 24.2. The second-order valence-corrected chi connectivity index (χ2v) is 8.55. The average molecular weight is 512 g/mol. The fourth-order valence-corrected chi connectivity index (χ4v) is 3.51. The van der Waals surface area contributed by atoms with Gasteiger partial charge in [0.1, 0.15) is 0 Å². The summed E-state index contributed by atoms with van der Waals surface area (Å²) in [7, 11) is 0. The van der Waals surface area contributed by atoms with Crippen LogP contribution in [0.2, 0.25) is 10.0 Å². The molecule has 4 rings (SSSR count). The van der Waals surface area contributed by atoms with Crippen LogP contribution >= 0.6 is 23.2 Å². The molecule has 4 aromatic rings. The zero-order valence-corrected chi connectivity index (χ0v) is 20.1. The number of benzene rings is 3. The van der Waals surface area contributed by atoms with Gasteiger partial charge in [-0.25, -0.2) is 4.68 Å². The second kappa shape index (κ2) is 10.1. The zero-order valence-electron chi connectivity index (χ0n) is 18.6. The Balaban J connectivity index is 1.67. The van der Waals surface area contributed by atoms with Gasteiger partial charge in [0.25, 0.3) is 11.6 Å². The third kappa shape index (κ3) is 5.59. The van der Waals surface area contributed by atoms with Crippen LogP contribution in [0, 0.1) is 10.1 Å². The molecule has 0 unspecified atom stereocenters. The molecule has 0 aliphatic rings. The van der Waals surface area contributed by atoms with E-state index in [0.717, 1.165) is 0 Å². The van der Waals surface area contributed by atoms with Crippen LogP contribution in [0.3, 0.4) is 0 Å². The molecule has 1 aromatic heterocycles. The number of nitrogens with zero attached hydrogens (tertiary/aromatic N) is 4. The number of non-ortho nitro benzene ring substituents is 1. The Hall–Kier alpha value is -3.95. The van der Waals surface area contributed by atoms with Crippen molar-refractivity contribution in [2.45, 2.75) is 20.0 Å². The van der Waals surface area contributed by atoms with Crippen molar-refractivity contribution in [3.05, 3.63) is 92.5 Å². The molecule has 0 aliphatic heterocycles. The number of amides is 1. The van der Waals surface area contributed by atoms with E-state index in [1.54, 1.807) is 47.1 Å². The van der Waals surface area contributed by atoms with Crippen LogP contribution in [0.25, 0.3) is 17.1 Å². The van der Waals surface area contributed by atoms with Crippen LogP contribution in [0.4, 0.5) is 11.4 Å². The van der Waals surface area contributed by atoms with Crippen molar-refractivity contribution in [3.63, 3.8) is 0 Å². The lowest BCUT2D eigenvalue weighted by atomic mass is 10.2. The van der Waals surface area contributed by atoms with Gasteiger partial charge < -0.3 is 10.1 Å². The van der Waals surface area contributed by atoms with E-state index in [1.165, 1.54) is 24.3 Å². The predicted octanol–water partition coefficient (Wildman–Crippen LogP) is 6.19. The van der Waals surface area contributed by atoms with Gasteiger partial charge in [-0.2, -0.15) is 4.98 Å². The number of nitro benzene ring substituents is 1. The topological polar surface area (TPSA) is 112 Å². The summed E-state index contributed by atoms with van der Waals surface area (Å²) in [5.41, 5.74) is 1.96. The lowest BCUT2D eigenvalue weighted by Crippen LogP contribution is -2.12. The SMILES string of the molecule is CC(C)Oc1nc(-c2ccc(Cl)c(Cl)c2)n(-c2cccc(NC(=O)c3ccc([N+](=O)[O-])cc3)c2)n1. The molecule has 0 radical (unpaired) electrons. The van der Waals surface area contributed by atoms with Gasteiger partial charge in [-0.15, -0.1) is 5.10 Å². The Kier molecular flexibility index (Phi) is 6.99. The van der Waals surface area contributed by atoms with Gasteiger partial charge in [0.05, 0.1) is 26.8 Å². The molecule has 0 saturated heterocycles. The quantitative estimate of drug-likeness (QED) is 0.234. The van der Waals surface area contributed by atoms with E-state index in [1.807, 2.05) is 13.8 Å². The average Bonchev–Trinajstić information content (AvgIpc) is 3.24. The highest BCUT2D eigenvalue weighted by Crippen LogP contribution is 2.30. The largest absolute Gasteiger partial charge is 0.460 e. The number of halogens is 2.